The highest BCUT2D eigenvalue weighted by Gasteiger charge is 2.68. The Morgan fingerprint density at radius 2 is 1.95 bits per heavy atom. The van der Waals surface area contributed by atoms with Crippen molar-refractivity contribution < 1.29 is 27.5 Å². The minimum atomic E-state index is -4.62. The van der Waals surface area contributed by atoms with E-state index in [-0.39, 0.29) is 29.1 Å². The molecular weight excluding hydrogens is 311 g/mol. The summed E-state index contributed by atoms with van der Waals surface area (Å²) in [6.07, 6.45) is -5.14. The van der Waals surface area contributed by atoms with Crippen molar-refractivity contribution in [3.05, 3.63) is 28.8 Å². The molecule has 1 aliphatic rings. The number of ether oxygens (including phenoxy) is 1. The van der Waals surface area contributed by atoms with E-state index in [1.165, 1.54) is 18.2 Å². The van der Waals surface area contributed by atoms with E-state index >= 15 is 0 Å². The molecule has 1 saturated carbocycles. The van der Waals surface area contributed by atoms with Crippen LogP contribution in [0.15, 0.2) is 18.2 Å². The zero-order valence-electron chi connectivity index (χ0n) is 10.9. The third-order valence-electron chi connectivity index (χ3n) is 3.36. The van der Waals surface area contributed by atoms with E-state index in [9.17, 15) is 22.8 Å². The van der Waals surface area contributed by atoms with Crippen molar-refractivity contribution in [1.29, 1.82) is 0 Å². The molecule has 1 amide bonds. The molecule has 2 rings (SSSR count). The zero-order valence-corrected chi connectivity index (χ0v) is 11.6. The molecule has 0 saturated heterocycles. The Hall–Kier alpha value is -1.76. The molecule has 0 aromatic heterocycles. The molecular formula is C13H11ClF3NO3. The highest BCUT2D eigenvalue weighted by molar-refractivity contribution is 6.31. The minimum absolute atomic E-state index is 0.0632. The highest BCUT2D eigenvalue weighted by Crippen LogP contribution is 2.58. The van der Waals surface area contributed by atoms with Gasteiger partial charge in [0, 0.05) is 5.02 Å². The van der Waals surface area contributed by atoms with Crippen LogP contribution in [0.5, 0.6) is 0 Å². The van der Waals surface area contributed by atoms with Gasteiger partial charge in [0.25, 0.3) is 0 Å². The minimum Gasteiger partial charge on any atom is -0.465 e. The first-order valence-electron chi connectivity index (χ1n) is 5.97. The number of methoxy groups -OCH3 is 1. The van der Waals surface area contributed by atoms with Crippen molar-refractivity contribution in [3.63, 3.8) is 0 Å². The fourth-order valence-corrected chi connectivity index (χ4v) is 2.08. The number of nitrogens with one attached hydrogen (secondary N) is 1. The Balaban J connectivity index is 2.28. The summed E-state index contributed by atoms with van der Waals surface area (Å²) in [5.74, 6) is -1.98. The smallest absolute Gasteiger partial charge is 0.403 e. The normalized spacial score (nSPS) is 16.2. The maximum atomic E-state index is 12.9. The molecule has 0 atom stereocenters. The molecule has 0 unspecified atom stereocenters. The maximum Gasteiger partial charge on any atom is 0.403 e. The van der Waals surface area contributed by atoms with E-state index in [2.05, 4.69) is 10.1 Å². The molecule has 1 fully saturated rings. The van der Waals surface area contributed by atoms with Gasteiger partial charge in [-0.15, -0.1) is 0 Å². The lowest BCUT2D eigenvalue weighted by Gasteiger charge is -2.19. The fraction of sp³-hybridized carbons (Fsp3) is 0.385. The number of hydrogen-bond acceptors (Lipinski definition) is 3. The summed E-state index contributed by atoms with van der Waals surface area (Å²) < 4.78 is 43.1. The van der Waals surface area contributed by atoms with Crippen LogP contribution in [0.25, 0.3) is 0 Å². The van der Waals surface area contributed by atoms with E-state index < -0.39 is 23.5 Å². The van der Waals surface area contributed by atoms with Crippen molar-refractivity contribution in [1.82, 2.24) is 0 Å². The van der Waals surface area contributed by atoms with Gasteiger partial charge >= 0.3 is 12.1 Å². The number of hydrogen-bond donors (Lipinski definition) is 1. The molecule has 0 aliphatic heterocycles. The summed E-state index contributed by atoms with van der Waals surface area (Å²) in [7, 11) is 1.12. The van der Waals surface area contributed by atoms with Crippen LogP contribution in [0.2, 0.25) is 5.02 Å². The number of anilines is 1. The predicted molar refractivity (Wildman–Crippen MR) is 69.1 cm³/mol. The number of benzene rings is 1. The lowest BCUT2D eigenvalue weighted by Crippen LogP contribution is -2.37. The molecule has 0 spiro atoms. The lowest BCUT2D eigenvalue weighted by molar-refractivity contribution is -0.189. The van der Waals surface area contributed by atoms with Gasteiger partial charge in [0.15, 0.2) is 0 Å². The second-order valence-electron chi connectivity index (χ2n) is 4.72. The average molecular weight is 322 g/mol. The van der Waals surface area contributed by atoms with Crippen LogP contribution in [0.1, 0.15) is 23.2 Å². The topological polar surface area (TPSA) is 55.4 Å². The number of carbonyl (C=O) groups is 2. The standard InChI is InChI=1S/C13H11ClF3NO3/c1-21-10(19)8-6-7(14)2-3-9(8)18-11(20)12(4-5-12)13(15,16)17/h2-3,6H,4-5H2,1H3,(H,18,20). The average Bonchev–Trinajstić information content (AvgIpc) is 3.20. The van der Waals surface area contributed by atoms with Gasteiger partial charge in [-0.2, -0.15) is 13.2 Å². The molecule has 21 heavy (non-hydrogen) atoms. The molecule has 0 heterocycles. The van der Waals surface area contributed by atoms with Crippen LogP contribution >= 0.6 is 11.6 Å². The Labute approximate surface area is 123 Å². The van der Waals surface area contributed by atoms with Gasteiger partial charge in [-0.1, -0.05) is 11.6 Å². The molecule has 0 bridgehead atoms. The predicted octanol–water partition coefficient (Wildman–Crippen LogP) is 3.41. The third kappa shape index (κ3) is 2.83. The lowest BCUT2D eigenvalue weighted by atomic mass is 10.1. The quantitative estimate of drug-likeness (QED) is 0.868. The van der Waals surface area contributed by atoms with Crippen molar-refractivity contribution in [2.75, 3.05) is 12.4 Å². The van der Waals surface area contributed by atoms with Crippen molar-refractivity contribution >= 4 is 29.2 Å². The second-order valence-corrected chi connectivity index (χ2v) is 5.15. The molecule has 0 radical (unpaired) electrons. The number of amides is 1. The van der Waals surface area contributed by atoms with E-state index in [1.807, 2.05) is 0 Å². The summed E-state index contributed by atoms with van der Waals surface area (Å²) in [6, 6.07) is 3.84. The summed E-state index contributed by atoms with van der Waals surface area (Å²) in [5, 5.41) is 2.34. The van der Waals surface area contributed by atoms with Crippen LogP contribution in [-0.2, 0) is 9.53 Å². The summed E-state index contributed by atoms with van der Waals surface area (Å²) in [6.45, 7) is 0. The largest absolute Gasteiger partial charge is 0.465 e. The van der Waals surface area contributed by atoms with Crippen molar-refractivity contribution in [2.24, 2.45) is 5.41 Å². The summed E-state index contributed by atoms with van der Waals surface area (Å²) >= 11 is 5.73. The second kappa shape index (κ2) is 5.22. The van der Waals surface area contributed by atoms with Gasteiger partial charge in [-0.3, -0.25) is 4.79 Å². The Kier molecular flexibility index (Phi) is 3.88. The van der Waals surface area contributed by atoms with Gasteiger partial charge in [0.05, 0.1) is 18.4 Å². The summed E-state index contributed by atoms with van der Waals surface area (Å²) in [4.78, 5) is 23.5. The van der Waals surface area contributed by atoms with E-state index in [0.717, 1.165) is 7.11 Å². The van der Waals surface area contributed by atoms with Crippen molar-refractivity contribution in [2.45, 2.75) is 19.0 Å². The first-order valence-corrected chi connectivity index (χ1v) is 6.35. The first kappa shape index (κ1) is 15.6. The SMILES string of the molecule is COC(=O)c1cc(Cl)ccc1NC(=O)C1(C(F)(F)F)CC1. The van der Waals surface area contributed by atoms with Crippen LogP contribution in [0.4, 0.5) is 18.9 Å². The number of alkyl halides is 3. The van der Waals surface area contributed by atoms with E-state index in [0.29, 0.717) is 0 Å². The van der Waals surface area contributed by atoms with Crippen LogP contribution < -0.4 is 5.32 Å². The van der Waals surface area contributed by atoms with Gasteiger partial charge in [0.1, 0.15) is 5.41 Å². The third-order valence-corrected chi connectivity index (χ3v) is 3.60. The number of rotatable bonds is 3. The molecule has 4 nitrogen and oxygen atoms in total. The Morgan fingerprint density at radius 3 is 2.43 bits per heavy atom. The van der Waals surface area contributed by atoms with Gasteiger partial charge < -0.3 is 10.1 Å². The van der Waals surface area contributed by atoms with Gasteiger partial charge in [0.2, 0.25) is 5.91 Å². The molecule has 1 aromatic carbocycles. The molecule has 1 aromatic rings. The Morgan fingerprint density at radius 1 is 1.33 bits per heavy atom. The Bertz CT molecular complexity index is 597. The van der Waals surface area contributed by atoms with E-state index in [4.69, 9.17) is 11.6 Å². The monoisotopic (exact) mass is 321 g/mol. The van der Waals surface area contributed by atoms with Gasteiger partial charge in [-0.25, -0.2) is 4.79 Å². The van der Waals surface area contributed by atoms with E-state index in [1.54, 1.807) is 0 Å². The van der Waals surface area contributed by atoms with Crippen LogP contribution in [0.3, 0.4) is 0 Å². The first-order chi connectivity index (χ1) is 9.71. The summed E-state index contributed by atoms with van der Waals surface area (Å²) in [5.41, 5.74) is -2.52. The maximum absolute atomic E-state index is 12.9. The zero-order chi connectivity index (χ0) is 15.8. The van der Waals surface area contributed by atoms with Crippen molar-refractivity contribution in [3.8, 4) is 0 Å². The fourth-order valence-electron chi connectivity index (χ4n) is 1.91. The molecule has 114 valence electrons. The molecule has 1 N–H and O–H groups in total. The highest BCUT2D eigenvalue weighted by atomic mass is 35.5. The van der Waals surface area contributed by atoms with Gasteiger partial charge in [-0.05, 0) is 31.0 Å². The number of esters is 1. The number of carbonyl (C=O) groups excluding carboxylic acids is 2. The van der Waals surface area contributed by atoms with Crippen LogP contribution in [-0.4, -0.2) is 25.2 Å². The molecule has 8 heteroatoms. The molecule has 1 aliphatic carbocycles. The number of halogens is 4. The van der Waals surface area contributed by atoms with Crippen LogP contribution in [0, 0.1) is 5.41 Å².